The zero-order chi connectivity index (χ0) is 15.7. The lowest BCUT2D eigenvalue weighted by atomic mass is 9.96. The van der Waals surface area contributed by atoms with E-state index >= 15 is 0 Å². The number of fused-ring (bicyclic) bond motifs is 1. The van der Waals surface area contributed by atoms with Crippen molar-refractivity contribution in [2.45, 2.75) is 32.5 Å². The predicted molar refractivity (Wildman–Crippen MR) is 80.9 cm³/mol. The lowest BCUT2D eigenvalue weighted by molar-refractivity contribution is 0.0848. The molecular weight excluding hydrogens is 283 g/mol. The molecule has 0 aromatic heterocycles. The molecule has 3 nitrogen and oxygen atoms in total. The molecule has 22 heavy (non-hydrogen) atoms. The summed E-state index contributed by atoms with van der Waals surface area (Å²) in [6.45, 7) is 3.91. The van der Waals surface area contributed by atoms with Gasteiger partial charge in [-0.25, -0.2) is 4.39 Å². The van der Waals surface area contributed by atoms with Gasteiger partial charge in [0.1, 0.15) is 23.4 Å². The maximum absolute atomic E-state index is 13.2. The second kappa shape index (κ2) is 5.79. The molecule has 4 heteroatoms. The van der Waals surface area contributed by atoms with Crippen LogP contribution in [0.5, 0.6) is 11.5 Å². The fourth-order valence-corrected chi connectivity index (χ4v) is 2.54. The number of ketones is 1. The number of hydrogen-bond acceptors (Lipinski definition) is 3. The number of carbonyl (C=O) groups excluding carboxylic acids is 1. The lowest BCUT2D eigenvalue weighted by Gasteiger charge is -2.26. The molecule has 0 radical (unpaired) electrons. The monoisotopic (exact) mass is 300 g/mol. The standard InChI is InChI=1S/C18H17FO3/c1-11(2)21-14-5-3-4-12(8-14)18-10-16(20)15-9-13(19)6-7-17(15)22-18/h3-9,11,18H,10H2,1-2H3. The maximum atomic E-state index is 13.2. The highest BCUT2D eigenvalue weighted by Gasteiger charge is 2.28. The first-order valence-electron chi connectivity index (χ1n) is 7.29. The van der Waals surface area contributed by atoms with Crippen LogP contribution in [0.3, 0.4) is 0 Å². The highest BCUT2D eigenvalue weighted by Crippen LogP contribution is 2.36. The first-order valence-corrected chi connectivity index (χ1v) is 7.29. The Hall–Kier alpha value is -2.36. The number of rotatable bonds is 3. The van der Waals surface area contributed by atoms with Crippen molar-refractivity contribution in [1.82, 2.24) is 0 Å². The Morgan fingerprint density at radius 2 is 2.05 bits per heavy atom. The Balaban J connectivity index is 1.88. The number of hydrogen-bond donors (Lipinski definition) is 0. The maximum Gasteiger partial charge on any atom is 0.170 e. The third-order valence-electron chi connectivity index (χ3n) is 3.48. The van der Waals surface area contributed by atoms with Crippen LogP contribution in [0.25, 0.3) is 0 Å². The molecule has 1 aliphatic heterocycles. The van der Waals surface area contributed by atoms with E-state index < -0.39 is 5.82 Å². The SMILES string of the molecule is CC(C)Oc1cccc(C2CC(=O)c3cc(F)ccc3O2)c1. The van der Waals surface area contributed by atoms with Crippen LogP contribution < -0.4 is 9.47 Å². The van der Waals surface area contributed by atoms with Gasteiger partial charge in [-0.2, -0.15) is 0 Å². The van der Waals surface area contributed by atoms with Crippen LogP contribution in [-0.4, -0.2) is 11.9 Å². The Morgan fingerprint density at radius 1 is 1.23 bits per heavy atom. The molecule has 1 heterocycles. The fraction of sp³-hybridized carbons (Fsp3) is 0.278. The molecule has 0 fully saturated rings. The van der Waals surface area contributed by atoms with Crippen LogP contribution in [0.1, 0.15) is 42.3 Å². The molecule has 3 rings (SSSR count). The van der Waals surface area contributed by atoms with E-state index in [4.69, 9.17) is 9.47 Å². The van der Waals surface area contributed by atoms with E-state index in [1.807, 2.05) is 38.1 Å². The van der Waals surface area contributed by atoms with E-state index in [0.717, 1.165) is 11.3 Å². The number of halogens is 1. The molecule has 2 aromatic rings. The summed E-state index contributed by atoms with van der Waals surface area (Å²) in [4.78, 5) is 12.2. The van der Waals surface area contributed by atoms with Crippen molar-refractivity contribution in [2.24, 2.45) is 0 Å². The summed E-state index contributed by atoms with van der Waals surface area (Å²) in [6, 6.07) is 11.6. The van der Waals surface area contributed by atoms with Crippen molar-refractivity contribution >= 4 is 5.78 Å². The summed E-state index contributed by atoms with van der Waals surface area (Å²) < 4.78 is 24.8. The first kappa shape index (κ1) is 14.6. The quantitative estimate of drug-likeness (QED) is 0.847. The van der Waals surface area contributed by atoms with E-state index in [9.17, 15) is 9.18 Å². The van der Waals surface area contributed by atoms with Crippen molar-refractivity contribution in [1.29, 1.82) is 0 Å². The largest absolute Gasteiger partial charge is 0.491 e. The summed E-state index contributed by atoms with van der Waals surface area (Å²) in [7, 11) is 0. The minimum absolute atomic E-state index is 0.0767. The molecule has 1 aliphatic rings. The Bertz CT molecular complexity index is 709. The van der Waals surface area contributed by atoms with Gasteiger partial charge in [0.2, 0.25) is 0 Å². The van der Waals surface area contributed by atoms with Gasteiger partial charge in [0, 0.05) is 0 Å². The normalized spacial score (nSPS) is 17.1. The third-order valence-corrected chi connectivity index (χ3v) is 3.48. The second-order valence-corrected chi connectivity index (χ2v) is 5.61. The van der Waals surface area contributed by atoms with Gasteiger partial charge < -0.3 is 9.47 Å². The Labute approximate surface area is 128 Å². The second-order valence-electron chi connectivity index (χ2n) is 5.61. The van der Waals surface area contributed by atoms with Crippen molar-refractivity contribution in [3.8, 4) is 11.5 Å². The van der Waals surface area contributed by atoms with Crippen LogP contribution in [0.2, 0.25) is 0 Å². The van der Waals surface area contributed by atoms with Crippen molar-refractivity contribution in [2.75, 3.05) is 0 Å². The van der Waals surface area contributed by atoms with Crippen molar-refractivity contribution in [3.63, 3.8) is 0 Å². The van der Waals surface area contributed by atoms with E-state index in [-0.39, 0.29) is 24.4 Å². The summed E-state index contributed by atoms with van der Waals surface area (Å²) >= 11 is 0. The summed E-state index contributed by atoms with van der Waals surface area (Å²) in [5.74, 6) is 0.633. The smallest absolute Gasteiger partial charge is 0.170 e. The third kappa shape index (κ3) is 2.96. The number of Topliss-reactive ketones (excluding diaryl/α,β-unsaturated/α-hetero) is 1. The van der Waals surface area contributed by atoms with Gasteiger partial charge in [0.05, 0.1) is 18.1 Å². The number of benzene rings is 2. The summed E-state index contributed by atoms with van der Waals surface area (Å²) in [6.07, 6.45) is -0.101. The van der Waals surface area contributed by atoms with E-state index in [0.29, 0.717) is 11.3 Å². The summed E-state index contributed by atoms with van der Waals surface area (Å²) in [5, 5.41) is 0. The number of ether oxygens (including phenoxy) is 2. The minimum atomic E-state index is -0.429. The Morgan fingerprint density at radius 3 is 2.82 bits per heavy atom. The van der Waals surface area contributed by atoms with E-state index in [2.05, 4.69) is 0 Å². The molecule has 0 aliphatic carbocycles. The summed E-state index contributed by atoms with van der Waals surface area (Å²) in [5.41, 5.74) is 1.19. The van der Waals surface area contributed by atoms with Gasteiger partial charge in [-0.3, -0.25) is 4.79 Å². The van der Waals surface area contributed by atoms with Crippen LogP contribution >= 0.6 is 0 Å². The van der Waals surface area contributed by atoms with Crippen molar-refractivity contribution < 1.29 is 18.7 Å². The molecule has 0 amide bonds. The molecular formula is C18H17FO3. The minimum Gasteiger partial charge on any atom is -0.491 e. The van der Waals surface area contributed by atoms with Crippen molar-refractivity contribution in [3.05, 3.63) is 59.4 Å². The molecule has 0 saturated heterocycles. The molecule has 1 unspecified atom stereocenters. The zero-order valence-electron chi connectivity index (χ0n) is 12.5. The highest BCUT2D eigenvalue weighted by molar-refractivity contribution is 6.00. The van der Waals surface area contributed by atoms with Gasteiger partial charge in [-0.1, -0.05) is 12.1 Å². The van der Waals surface area contributed by atoms with Crippen LogP contribution in [0, 0.1) is 5.82 Å². The predicted octanol–water partition coefficient (Wildman–Crippen LogP) is 4.32. The van der Waals surface area contributed by atoms with Crippen LogP contribution in [0.15, 0.2) is 42.5 Å². The molecule has 114 valence electrons. The molecule has 1 atom stereocenters. The van der Waals surface area contributed by atoms with Gasteiger partial charge in [0.15, 0.2) is 5.78 Å². The van der Waals surface area contributed by atoms with E-state index in [1.165, 1.54) is 18.2 Å². The molecule has 0 spiro atoms. The topological polar surface area (TPSA) is 35.5 Å². The highest BCUT2D eigenvalue weighted by atomic mass is 19.1. The average Bonchev–Trinajstić information content (AvgIpc) is 2.47. The van der Waals surface area contributed by atoms with Gasteiger partial charge in [-0.15, -0.1) is 0 Å². The molecule has 0 saturated carbocycles. The van der Waals surface area contributed by atoms with E-state index in [1.54, 1.807) is 0 Å². The number of carbonyl (C=O) groups is 1. The molecule has 0 bridgehead atoms. The molecule has 2 aromatic carbocycles. The van der Waals surface area contributed by atoms with Gasteiger partial charge in [-0.05, 0) is 49.7 Å². The van der Waals surface area contributed by atoms with Gasteiger partial charge in [0.25, 0.3) is 0 Å². The lowest BCUT2D eigenvalue weighted by Crippen LogP contribution is -2.20. The van der Waals surface area contributed by atoms with Crippen LogP contribution in [0.4, 0.5) is 4.39 Å². The molecule has 0 N–H and O–H groups in total. The first-order chi connectivity index (χ1) is 10.5. The fourth-order valence-electron chi connectivity index (χ4n) is 2.54. The average molecular weight is 300 g/mol. The Kier molecular flexibility index (Phi) is 3.84. The van der Waals surface area contributed by atoms with Crippen LogP contribution in [-0.2, 0) is 0 Å². The van der Waals surface area contributed by atoms with Gasteiger partial charge >= 0.3 is 0 Å². The zero-order valence-corrected chi connectivity index (χ0v) is 12.5.